The van der Waals surface area contributed by atoms with E-state index in [2.05, 4.69) is 5.32 Å². The highest BCUT2D eigenvalue weighted by Gasteiger charge is 2.36. The molecule has 0 bridgehead atoms. The molecule has 1 N–H and O–H groups in total. The molecule has 1 atom stereocenters. The van der Waals surface area contributed by atoms with E-state index in [1.54, 1.807) is 30.3 Å². The number of nitrogens with zero attached hydrogens (tertiary/aromatic N) is 1. The van der Waals surface area contributed by atoms with Crippen LogP contribution < -0.4 is 14.8 Å². The molecule has 180 valence electrons. The Bertz CT molecular complexity index is 1130. The summed E-state index contributed by atoms with van der Waals surface area (Å²) in [5.41, 5.74) is 3.48. The molecule has 8 heteroatoms. The van der Waals surface area contributed by atoms with Crippen molar-refractivity contribution in [3.63, 3.8) is 0 Å². The minimum atomic E-state index is -0.497. The summed E-state index contributed by atoms with van der Waals surface area (Å²) < 4.78 is 11.6. The molecule has 0 aromatic heterocycles. The minimum absolute atomic E-state index is 0.0385. The smallest absolute Gasteiger partial charge is 0.294 e. The van der Waals surface area contributed by atoms with Crippen LogP contribution in [0.4, 0.5) is 10.5 Å². The zero-order valence-corrected chi connectivity index (χ0v) is 21.0. The van der Waals surface area contributed by atoms with Gasteiger partial charge in [-0.2, -0.15) is 0 Å². The third kappa shape index (κ3) is 6.20. The summed E-state index contributed by atoms with van der Waals surface area (Å²) in [6, 6.07) is 10.9. The maximum absolute atomic E-state index is 12.8. The summed E-state index contributed by atoms with van der Waals surface area (Å²) in [5.74, 6) is 0.271. The largest absolute Gasteiger partial charge is 0.490 e. The van der Waals surface area contributed by atoms with Gasteiger partial charge in [-0.1, -0.05) is 19.1 Å². The molecule has 0 radical (unpaired) electrons. The lowest BCUT2D eigenvalue weighted by Crippen LogP contribution is -2.36. The number of hydrogen-bond acceptors (Lipinski definition) is 6. The van der Waals surface area contributed by atoms with Crippen LogP contribution in [0.2, 0.25) is 0 Å². The SMILES string of the molecule is CCOc1cc(/C=C2\SC(=O)N(CC(=O)Nc3ccc(C)c(C)c3)C2=O)ccc1O[C@H](C)CC. The number of imide groups is 1. The van der Waals surface area contributed by atoms with Gasteiger partial charge in [0, 0.05) is 5.69 Å². The predicted octanol–water partition coefficient (Wildman–Crippen LogP) is 5.55. The summed E-state index contributed by atoms with van der Waals surface area (Å²) in [6.45, 7) is 9.96. The monoisotopic (exact) mass is 482 g/mol. The number of carbonyl (C=O) groups is 3. The van der Waals surface area contributed by atoms with Crippen molar-refractivity contribution in [2.24, 2.45) is 0 Å². The lowest BCUT2D eigenvalue weighted by molar-refractivity contribution is -0.127. The fraction of sp³-hybridized carbons (Fsp3) is 0.346. The van der Waals surface area contributed by atoms with E-state index < -0.39 is 17.1 Å². The third-order valence-corrected chi connectivity index (χ3v) is 6.34. The second-order valence-corrected chi connectivity index (χ2v) is 9.08. The van der Waals surface area contributed by atoms with Crippen LogP contribution in [-0.2, 0) is 9.59 Å². The molecule has 3 amide bonds. The Balaban J connectivity index is 1.72. The van der Waals surface area contributed by atoms with Gasteiger partial charge in [0.05, 0.1) is 17.6 Å². The Hall–Kier alpha value is -3.26. The molecule has 1 fully saturated rings. The Kier molecular flexibility index (Phi) is 8.39. The highest BCUT2D eigenvalue weighted by molar-refractivity contribution is 8.18. The number of anilines is 1. The molecule has 2 aromatic rings. The number of rotatable bonds is 9. The normalized spacial score (nSPS) is 15.6. The molecule has 1 heterocycles. The average Bonchev–Trinajstić information content (AvgIpc) is 3.05. The van der Waals surface area contributed by atoms with Gasteiger partial charge in [-0.05, 0) is 92.9 Å². The molecule has 7 nitrogen and oxygen atoms in total. The Labute approximate surface area is 204 Å². The quantitative estimate of drug-likeness (QED) is 0.472. The topological polar surface area (TPSA) is 84.9 Å². The molecule has 2 aromatic carbocycles. The zero-order valence-electron chi connectivity index (χ0n) is 20.1. The van der Waals surface area contributed by atoms with Gasteiger partial charge in [0.25, 0.3) is 11.1 Å². The van der Waals surface area contributed by atoms with Gasteiger partial charge in [0.2, 0.25) is 5.91 Å². The van der Waals surface area contributed by atoms with Crippen molar-refractivity contribution >= 4 is 40.6 Å². The lowest BCUT2D eigenvalue weighted by atomic mass is 10.1. The summed E-state index contributed by atoms with van der Waals surface area (Å²) >= 11 is 0.813. The number of thioether (sulfide) groups is 1. The molecular weight excluding hydrogens is 452 g/mol. The second-order valence-electron chi connectivity index (χ2n) is 8.09. The van der Waals surface area contributed by atoms with Crippen LogP contribution in [0.25, 0.3) is 6.08 Å². The molecule has 1 aliphatic rings. The zero-order chi connectivity index (χ0) is 24.8. The Morgan fingerprint density at radius 1 is 1.09 bits per heavy atom. The number of amides is 3. The predicted molar refractivity (Wildman–Crippen MR) is 135 cm³/mol. The van der Waals surface area contributed by atoms with Crippen LogP contribution >= 0.6 is 11.8 Å². The molecule has 1 aliphatic heterocycles. The van der Waals surface area contributed by atoms with Gasteiger partial charge in [-0.3, -0.25) is 19.3 Å². The number of ether oxygens (including phenoxy) is 2. The lowest BCUT2D eigenvalue weighted by Gasteiger charge is -2.16. The van der Waals surface area contributed by atoms with E-state index in [1.165, 1.54) is 0 Å². The fourth-order valence-corrected chi connectivity index (χ4v) is 4.07. The first-order valence-electron chi connectivity index (χ1n) is 11.3. The molecule has 0 saturated carbocycles. The second kappa shape index (κ2) is 11.2. The van der Waals surface area contributed by atoms with Crippen molar-refractivity contribution in [3.05, 3.63) is 58.0 Å². The van der Waals surface area contributed by atoms with Crippen molar-refractivity contribution in [1.29, 1.82) is 0 Å². The highest BCUT2D eigenvalue weighted by atomic mass is 32.2. The summed E-state index contributed by atoms with van der Waals surface area (Å²) in [7, 11) is 0. The first kappa shape index (κ1) is 25.4. The maximum Gasteiger partial charge on any atom is 0.294 e. The summed E-state index contributed by atoms with van der Waals surface area (Å²) in [4.78, 5) is 39.0. The van der Waals surface area contributed by atoms with Crippen LogP contribution in [-0.4, -0.2) is 41.2 Å². The number of nitrogens with one attached hydrogen (secondary N) is 1. The summed E-state index contributed by atoms with van der Waals surface area (Å²) in [5, 5.41) is 2.27. The maximum atomic E-state index is 12.8. The molecule has 34 heavy (non-hydrogen) atoms. The van der Waals surface area contributed by atoms with Crippen molar-refractivity contribution in [2.75, 3.05) is 18.5 Å². The van der Waals surface area contributed by atoms with Gasteiger partial charge < -0.3 is 14.8 Å². The number of hydrogen-bond donors (Lipinski definition) is 1. The van der Waals surface area contributed by atoms with E-state index in [4.69, 9.17) is 9.47 Å². The number of carbonyl (C=O) groups excluding carboxylic acids is 3. The molecule has 3 rings (SSSR count). The minimum Gasteiger partial charge on any atom is -0.490 e. The van der Waals surface area contributed by atoms with Gasteiger partial charge >= 0.3 is 0 Å². The van der Waals surface area contributed by atoms with Gasteiger partial charge in [0.15, 0.2) is 11.5 Å². The molecular formula is C26H30N2O5S. The molecule has 0 spiro atoms. The Morgan fingerprint density at radius 2 is 1.85 bits per heavy atom. The van der Waals surface area contributed by atoms with Crippen LogP contribution in [0.15, 0.2) is 41.3 Å². The fourth-order valence-electron chi connectivity index (χ4n) is 3.23. The van der Waals surface area contributed by atoms with Gasteiger partial charge in [-0.25, -0.2) is 0 Å². The molecule has 0 unspecified atom stereocenters. The average molecular weight is 483 g/mol. The van der Waals surface area contributed by atoms with E-state index in [-0.39, 0.29) is 17.6 Å². The first-order chi connectivity index (χ1) is 16.2. The third-order valence-electron chi connectivity index (χ3n) is 5.43. The van der Waals surface area contributed by atoms with Crippen molar-refractivity contribution in [2.45, 2.75) is 47.1 Å². The molecule has 1 saturated heterocycles. The van der Waals surface area contributed by atoms with Crippen molar-refractivity contribution in [3.8, 4) is 11.5 Å². The van der Waals surface area contributed by atoms with Crippen molar-refractivity contribution in [1.82, 2.24) is 4.90 Å². The van der Waals surface area contributed by atoms with Crippen LogP contribution in [0.1, 0.15) is 43.9 Å². The summed E-state index contributed by atoms with van der Waals surface area (Å²) in [6.07, 6.45) is 2.52. The van der Waals surface area contributed by atoms with Crippen LogP contribution in [0.5, 0.6) is 11.5 Å². The number of benzene rings is 2. The van der Waals surface area contributed by atoms with Gasteiger partial charge in [-0.15, -0.1) is 0 Å². The van der Waals surface area contributed by atoms with Gasteiger partial charge in [0.1, 0.15) is 6.54 Å². The van der Waals surface area contributed by atoms with Crippen LogP contribution in [0.3, 0.4) is 0 Å². The molecule has 0 aliphatic carbocycles. The van der Waals surface area contributed by atoms with E-state index in [0.717, 1.165) is 34.2 Å². The van der Waals surface area contributed by atoms with E-state index in [1.807, 2.05) is 46.8 Å². The highest BCUT2D eigenvalue weighted by Crippen LogP contribution is 2.35. The van der Waals surface area contributed by atoms with Crippen molar-refractivity contribution < 1.29 is 23.9 Å². The van der Waals surface area contributed by atoms with E-state index >= 15 is 0 Å². The Morgan fingerprint density at radius 3 is 2.53 bits per heavy atom. The van der Waals surface area contributed by atoms with E-state index in [9.17, 15) is 14.4 Å². The standard InChI is InChI=1S/C26H30N2O5S/c1-6-18(5)33-21-11-9-19(13-22(21)32-7-2)14-23-25(30)28(26(31)34-23)15-24(29)27-20-10-8-16(3)17(4)12-20/h8-14,18H,6-7,15H2,1-5H3,(H,27,29)/b23-14-/t18-/m1/s1. The number of aryl methyl sites for hydroxylation is 2. The first-order valence-corrected chi connectivity index (χ1v) is 12.1. The van der Waals surface area contributed by atoms with E-state index in [0.29, 0.717) is 29.4 Å². The van der Waals surface area contributed by atoms with Crippen LogP contribution in [0, 0.1) is 13.8 Å².